The SMILES string of the molecule is O=C(c1cc[c]cc1)C(F)(F)F.[Zn]. The molecule has 0 N–H and O–H groups in total. The van der Waals surface area contributed by atoms with Crippen LogP contribution in [0.4, 0.5) is 13.2 Å². The molecule has 0 spiro atoms. The Balaban J connectivity index is 0.00000144. The van der Waals surface area contributed by atoms with Crippen molar-refractivity contribution in [2.24, 2.45) is 0 Å². The second kappa shape index (κ2) is 4.51. The molecule has 0 atom stereocenters. The van der Waals surface area contributed by atoms with E-state index < -0.39 is 12.0 Å². The molecule has 0 aliphatic rings. The van der Waals surface area contributed by atoms with Gasteiger partial charge in [-0.25, -0.2) is 0 Å². The van der Waals surface area contributed by atoms with Gasteiger partial charge in [0.05, 0.1) is 0 Å². The van der Waals surface area contributed by atoms with Gasteiger partial charge in [0, 0.05) is 25.0 Å². The second-order valence-electron chi connectivity index (χ2n) is 2.12. The first-order valence-corrected chi connectivity index (χ1v) is 3.09. The van der Waals surface area contributed by atoms with Crippen molar-refractivity contribution in [2.45, 2.75) is 6.18 Å². The van der Waals surface area contributed by atoms with Crippen molar-refractivity contribution >= 4 is 5.78 Å². The molecular weight excluding hydrogens is 234 g/mol. The van der Waals surface area contributed by atoms with Gasteiger partial charge in [-0.3, -0.25) is 4.79 Å². The summed E-state index contributed by atoms with van der Waals surface area (Å²) in [6, 6.07) is 7.20. The van der Waals surface area contributed by atoms with E-state index in [1.54, 1.807) is 0 Å². The van der Waals surface area contributed by atoms with Crippen molar-refractivity contribution in [3.05, 3.63) is 35.9 Å². The fourth-order valence-electron chi connectivity index (χ4n) is 0.702. The minimum Gasteiger partial charge on any atom is -0.284 e. The summed E-state index contributed by atoms with van der Waals surface area (Å²) in [4.78, 5) is 10.5. The third-order valence-corrected chi connectivity index (χ3v) is 1.24. The number of hydrogen-bond donors (Lipinski definition) is 0. The van der Waals surface area contributed by atoms with Gasteiger partial charge in [-0.2, -0.15) is 13.2 Å². The molecule has 0 fully saturated rings. The predicted molar refractivity (Wildman–Crippen MR) is 35.7 cm³/mol. The third-order valence-electron chi connectivity index (χ3n) is 1.24. The van der Waals surface area contributed by atoms with E-state index in [-0.39, 0.29) is 25.0 Å². The molecule has 0 aliphatic carbocycles. The van der Waals surface area contributed by atoms with Crippen LogP contribution in [0.2, 0.25) is 0 Å². The predicted octanol–water partition coefficient (Wildman–Crippen LogP) is 2.23. The van der Waals surface area contributed by atoms with Crippen LogP contribution in [0.15, 0.2) is 24.3 Å². The van der Waals surface area contributed by atoms with Crippen LogP contribution in [0.1, 0.15) is 10.4 Å². The largest absolute Gasteiger partial charge is 0.454 e. The van der Waals surface area contributed by atoms with E-state index in [0.717, 1.165) is 12.1 Å². The molecule has 1 rings (SSSR count). The molecule has 0 bridgehead atoms. The van der Waals surface area contributed by atoms with Crippen LogP contribution in [0.5, 0.6) is 0 Å². The van der Waals surface area contributed by atoms with E-state index >= 15 is 0 Å². The molecule has 1 aromatic rings. The maximum atomic E-state index is 11.8. The molecule has 0 heterocycles. The van der Waals surface area contributed by atoms with E-state index in [0.29, 0.717) is 0 Å². The first kappa shape index (κ1) is 12.3. The number of rotatable bonds is 1. The monoisotopic (exact) mass is 237 g/mol. The molecule has 1 aromatic carbocycles. The van der Waals surface area contributed by atoms with Gasteiger partial charge in [0.1, 0.15) is 0 Å². The molecule has 0 unspecified atom stereocenters. The van der Waals surface area contributed by atoms with E-state index in [9.17, 15) is 18.0 Å². The fraction of sp³-hybridized carbons (Fsp3) is 0.125. The van der Waals surface area contributed by atoms with Gasteiger partial charge in [0.25, 0.3) is 5.78 Å². The average molecular weight is 239 g/mol. The number of halogens is 3. The Morgan fingerprint density at radius 2 is 1.69 bits per heavy atom. The summed E-state index contributed by atoms with van der Waals surface area (Å²) in [5.74, 6) is -1.82. The summed E-state index contributed by atoms with van der Waals surface area (Å²) in [7, 11) is 0. The van der Waals surface area contributed by atoms with Gasteiger partial charge in [-0.15, -0.1) is 0 Å². The van der Waals surface area contributed by atoms with Gasteiger partial charge >= 0.3 is 6.18 Å². The summed E-state index contributed by atoms with van der Waals surface area (Å²) in [6.45, 7) is 0. The fourth-order valence-corrected chi connectivity index (χ4v) is 0.702. The molecule has 0 saturated carbocycles. The summed E-state index contributed by atoms with van der Waals surface area (Å²) in [6.07, 6.45) is -4.79. The molecule has 13 heavy (non-hydrogen) atoms. The van der Waals surface area contributed by atoms with Gasteiger partial charge in [0.15, 0.2) is 0 Å². The molecule has 1 nitrogen and oxygen atoms in total. The summed E-state index contributed by atoms with van der Waals surface area (Å²) in [5.41, 5.74) is -0.360. The first-order chi connectivity index (χ1) is 5.52. The number of alkyl halides is 3. The summed E-state index contributed by atoms with van der Waals surface area (Å²) in [5, 5.41) is 0. The van der Waals surface area contributed by atoms with Gasteiger partial charge in [-0.05, 0) is 6.07 Å². The van der Waals surface area contributed by atoms with Crippen molar-refractivity contribution in [3.8, 4) is 0 Å². The van der Waals surface area contributed by atoms with Crippen molar-refractivity contribution in [3.63, 3.8) is 0 Å². The molecular formula is C8H4F3OZn. The van der Waals surface area contributed by atoms with Crippen LogP contribution in [0.3, 0.4) is 0 Å². The summed E-state index contributed by atoms with van der Waals surface area (Å²) >= 11 is 0. The Labute approximate surface area is 85.7 Å². The van der Waals surface area contributed by atoms with Gasteiger partial charge in [-0.1, -0.05) is 24.3 Å². The zero-order valence-corrected chi connectivity index (χ0v) is 9.53. The number of benzene rings is 1. The maximum Gasteiger partial charge on any atom is 0.454 e. The normalized spacial score (nSPS) is 10.4. The number of ketones is 1. The van der Waals surface area contributed by atoms with E-state index in [2.05, 4.69) is 6.07 Å². The van der Waals surface area contributed by atoms with Crippen molar-refractivity contribution in [1.29, 1.82) is 0 Å². The minimum atomic E-state index is -4.79. The van der Waals surface area contributed by atoms with Crippen LogP contribution in [-0.4, -0.2) is 12.0 Å². The number of carbonyl (C=O) groups excluding carboxylic acids is 1. The van der Waals surface area contributed by atoms with E-state index in [1.165, 1.54) is 12.1 Å². The van der Waals surface area contributed by atoms with Crippen molar-refractivity contribution in [1.82, 2.24) is 0 Å². The molecule has 1 radical (unpaired) electrons. The number of Topliss-reactive ketones (excluding diaryl/α,β-unsaturated/α-hetero) is 1. The molecule has 65 valence electrons. The Hall–Kier alpha value is -0.697. The molecule has 5 heteroatoms. The van der Waals surface area contributed by atoms with Gasteiger partial charge in [0.2, 0.25) is 0 Å². The van der Waals surface area contributed by atoms with Crippen LogP contribution in [0, 0.1) is 6.07 Å². The Bertz CT molecular complexity index is 281. The second-order valence-corrected chi connectivity index (χ2v) is 2.12. The standard InChI is InChI=1S/C8H4F3O.Zn/c9-8(10,11)7(12)6-4-2-1-3-5-6;/h2-5H;. The zero-order chi connectivity index (χ0) is 9.19. The van der Waals surface area contributed by atoms with E-state index in [4.69, 9.17) is 0 Å². The van der Waals surface area contributed by atoms with E-state index in [1.807, 2.05) is 0 Å². The maximum absolute atomic E-state index is 11.8. The number of carbonyl (C=O) groups is 1. The van der Waals surface area contributed by atoms with Crippen molar-refractivity contribution < 1.29 is 37.4 Å². The molecule has 0 amide bonds. The Kier molecular flexibility index (Phi) is 4.27. The van der Waals surface area contributed by atoms with Gasteiger partial charge < -0.3 is 0 Å². The van der Waals surface area contributed by atoms with Crippen LogP contribution < -0.4 is 0 Å². The first-order valence-electron chi connectivity index (χ1n) is 3.09. The number of hydrogen-bond acceptors (Lipinski definition) is 1. The molecule has 0 aromatic heterocycles. The van der Waals surface area contributed by atoms with Crippen LogP contribution in [0.25, 0.3) is 0 Å². The average Bonchev–Trinajstić information content (AvgIpc) is 2.03. The smallest absolute Gasteiger partial charge is 0.284 e. The molecule has 0 aliphatic heterocycles. The third kappa shape index (κ3) is 3.27. The Morgan fingerprint density at radius 3 is 2.08 bits per heavy atom. The van der Waals surface area contributed by atoms with Crippen LogP contribution in [-0.2, 0) is 19.5 Å². The quantitative estimate of drug-likeness (QED) is 0.542. The zero-order valence-electron chi connectivity index (χ0n) is 6.56. The minimum absolute atomic E-state index is 0. The van der Waals surface area contributed by atoms with Crippen LogP contribution >= 0.6 is 0 Å². The molecule has 0 saturated heterocycles. The topological polar surface area (TPSA) is 17.1 Å². The summed E-state index contributed by atoms with van der Waals surface area (Å²) < 4.78 is 35.3. The Morgan fingerprint density at radius 1 is 1.23 bits per heavy atom. The van der Waals surface area contributed by atoms with Crippen molar-refractivity contribution in [2.75, 3.05) is 0 Å².